The summed E-state index contributed by atoms with van der Waals surface area (Å²) >= 11 is 1.18. The minimum atomic E-state index is -4.22. The van der Waals surface area contributed by atoms with Crippen molar-refractivity contribution in [3.63, 3.8) is 0 Å². The number of thiazole rings is 1. The minimum absolute atomic E-state index is 0.106. The predicted octanol–water partition coefficient (Wildman–Crippen LogP) is 2.87. The van der Waals surface area contributed by atoms with Gasteiger partial charge in [0.1, 0.15) is 4.88 Å². The number of hydrogen-bond donors (Lipinski definition) is 0. The average Bonchev–Trinajstić information content (AvgIpc) is 2.73. The van der Waals surface area contributed by atoms with Crippen LogP contribution in [0.15, 0.2) is 5.51 Å². The number of nitrogens with zero attached hydrogens (tertiary/aromatic N) is 2. The van der Waals surface area contributed by atoms with Crippen LogP contribution in [0.3, 0.4) is 0 Å². The predicted molar refractivity (Wildman–Crippen MR) is 61.5 cm³/mol. The van der Waals surface area contributed by atoms with E-state index in [2.05, 4.69) is 4.98 Å². The second-order valence-electron chi connectivity index (χ2n) is 4.40. The van der Waals surface area contributed by atoms with E-state index in [1.807, 2.05) is 0 Å². The van der Waals surface area contributed by atoms with Gasteiger partial charge >= 0.3 is 6.18 Å². The third-order valence-electron chi connectivity index (χ3n) is 3.11. The summed E-state index contributed by atoms with van der Waals surface area (Å²) in [5, 5.41) is 0. The molecule has 3 nitrogen and oxygen atoms in total. The quantitative estimate of drug-likeness (QED) is 0.791. The summed E-state index contributed by atoms with van der Waals surface area (Å²) in [5.41, 5.74) is 2.12. The molecule has 0 radical (unpaired) electrons. The minimum Gasteiger partial charge on any atom is -0.337 e. The third kappa shape index (κ3) is 2.66. The van der Waals surface area contributed by atoms with Crippen LogP contribution in [-0.4, -0.2) is 35.1 Å². The zero-order valence-electron chi connectivity index (χ0n) is 9.83. The molecule has 2 heterocycles. The molecule has 0 unspecified atom stereocenters. The molecule has 100 valence electrons. The van der Waals surface area contributed by atoms with Crippen LogP contribution >= 0.6 is 11.3 Å². The Morgan fingerprint density at radius 2 is 2.28 bits per heavy atom. The van der Waals surface area contributed by atoms with E-state index in [4.69, 9.17) is 0 Å². The topological polar surface area (TPSA) is 33.2 Å². The second-order valence-corrected chi connectivity index (χ2v) is 5.25. The van der Waals surface area contributed by atoms with E-state index in [1.165, 1.54) is 21.7 Å². The Kier molecular flexibility index (Phi) is 3.61. The number of hydrogen-bond acceptors (Lipinski definition) is 3. The van der Waals surface area contributed by atoms with Gasteiger partial charge in [-0.25, -0.2) is 4.98 Å². The molecule has 1 aliphatic heterocycles. The summed E-state index contributed by atoms with van der Waals surface area (Å²) in [6, 6.07) is 0. The van der Waals surface area contributed by atoms with Crippen LogP contribution in [0.25, 0.3) is 0 Å². The van der Waals surface area contributed by atoms with Crippen molar-refractivity contribution in [2.24, 2.45) is 5.92 Å². The summed E-state index contributed by atoms with van der Waals surface area (Å²) in [5.74, 6) is -1.73. The molecule has 1 saturated heterocycles. The number of halogens is 3. The first-order valence-corrected chi connectivity index (χ1v) is 6.53. The van der Waals surface area contributed by atoms with Crippen molar-refractivity contribution < 1.29 is 18.0 Å². The number of aromatic nitrogens is 1. The molecule has 7 heteroatoms. The van der Waals surface area contributed by atoms with Gasteiger partial charge in [0.25, 0.3) is 5.91 Å². The molecule has 0 aliphatic carbocycles. The van der Waals surface area contributed by atoms with Gasteiger partial charge in [-0.15, -0.1) is 11.3 Å². The summed E-state index contributed by atoms with van der Waals surface area (Å²) in [7, 11) is 0. The van der Waals surface area contributed by atoms with Crippen molar-refractivity contribution >= 4 is 17.2 Å². The van der Waals surface area contributed by atoms with Gasteiger partial charge in [-0.2, -0.15) is 13.2 Å². The third-order valence-corrected chi connectivity index (χ3v) is 4.03. The number of carbonyl (C=O) groups excluding carboxylic acids is 1. The standard InChI is InChI=1S/C11H13F3N2OS/c1-7-9(18-6-15-7)10(17)16-4-2-3-8(5-16)11(12,13)14/h6,8H,2-5H2,1H3/t8-/m1/s1. The van der Waals surface area contributed by atoms with Gasteiger partial charge in [-0.3, -0.25) is 4.79 Å². The van der Waals surface area contributed by atoms with Crippen molar-refractivity contribution in [2.45, 2.75) is 25.9 Å². The molecule has 1 aromatic heterocycles. The lowest BCUT2D eigenvalue weighted by Gasteiger charge is -2.33. The van der Waals surface area contributed by atoms with Gasteiger partial charge in [0.15, 0.2) is 0 Å². The monoisotopic (exact) mass is 278 g/mol. The highest BCUT2D eigenvalue weighted by Crippen LogP contribution is 2.33. The van der Waals surface area contributed by atoms with Crippen molar-refractivity contribution in [3.8, 4) is 0 Å². The maximum atomic E-state index is 12.7. The second kappa shape index (κ2) is 4.87. The molecule has 1 aromatic rings. The smallest absolute Gasteiger partial charge is 0.337 e. The number of rotatable bonds is 1. The summed E-state index contributed by atoms with van der Waals surface area (Å²) in [6.07, 6.45) is -3.72. The van der Waals surface area contributed by atoms with E-state index < -0.39 is 12.1 Å². The molecule has 1 fully saturated rings. The number of carbonyl (C=O) groups is 1. The lowest BCUT2D eigenvalue weighted by Crippen LogP contribution is -2.44. The molecule has 1 atom stereocenters. The first-order chi connectivity index (χ1) is 8.39. The SMILES string of the molecule is Cc1ncsc1C(=O)N1CCC[C@@H](C(F)(F)F)C1. The number of aryl methyl sites for hydroxylation is 1. The van der Waals surface area contributed by atoms with Gasteiger partial charge in [0.05, 0.1) is 17.1 Å². The lowest BCUT2D eigenvalue weighted by atomic mass is 9.97. The maximum Gasteiger partial charge on any atom is 0.393 e. The normalized spacial score (nSPS) is 21.1. The molecule has 1 amide bonds. The van der Waals surface area contributed by atoms with Gasteiger partial charge in [0, 0.05) is 13.1 Å². The van der Waals surface area contributed by atoms with Crippen molar-refractivity contribution in [1.29, 1.82) is 0 Å². The molecule has 0 aromatic carbocycles. The summed E-state index contributed by atoms with van der Waals surface area (Å²) in [4.78, 5) is 17.8. The zero-order valence-corrected chi connectivity index (χ0v) is 10.6. The van der Waals surface area contributed by atoms with Gasteiger partial charge in [-0.1, -0.05) is 0 Å². The molecule has 0 spiro atoms. The average molecular weight is 278 g/mol. The highest BCUT2D eigenvalue weighted by Gasteiger charge is 2.43. The Labute approximate surface area is 107 Å². The highest BCUT2D eigenvalue weighted by atomic mass is 32.1. The number of likely N-dealkylation sites (tertiary alicyclic amines) is 1. The van der Waals surface area contributed by atoms with E-state index in [1.54, 1.807) is 6.92 Å². The largest absolute Gasteiger partial charge is 0.393 e. The Hall–Kier alpha value is -1.11. The van der Waals surface area contributed by atoms with E-state index in [0.29, 0.717) is 23.5 Å². The van der Waals surface area contributed by atoms with E-state index in [-0.39, 0.29) is 18.9 Å². The molecule has 2 rings (SSSR count). The first-order valence-electron chi connectivity index (χ1n) is 5.65. The van der Waals surface area contributed by atoms with Crippen LogP contribution in [0.4, 0.5) is 13.2 Å². The molecule has 0 saturated carbocycles. The summed E-state index contributed by atoms with van der Waals surface area (Å²) in [6.45, 7) is 1.84. The molecule has 0 N–H and O–H groups in total. The van der Waals surface area contributed by atoms with Gasteiger partial charge < -0.3 is 4.90 Å². The highest BCUT2D eigenvalue weighted by molar-refractivity contribution is 7.11. The molecule has 1 aliphatic rings. The zero-order chi connectivity index (χ0) is 13.3. The van der Waals surface area contributed by atoms with E-state index >= 15 is 0 Å². The number of amides is 1. The molecule has 18 heavy (non-hydrogen) atoms. The van der Waals surface area contributed by atoms with E-state index in [9.17, 15) is 18.0 Å². The van der Waals surface area contributed by atoms with Crippen LogP contribution in [0, 0.1) is 12.8 Å². The van der Waals surface area contributed by atoms with Crippen LogP contribution in [0.5, 0.6) is 0 Å². The number of piperidine rings is 1. The van der Waals surface area contributed by atoms with Crippen LogP contribution in [-0.2, 0) is 0 Å². The van der Waals surface area contributed by atoms with Crippen molar-refractivity contribution in [3.05, 3.63) is 16.1 Å². The van der Waals surface area contributed by atoms with Crippen molar-refractivity contribution in [2.75, 3.05) is 13.1 Å². The molecular formula is C11H13F3N2OS. The fourth-order valence-electron chi connectivity index (χ4n) is 2.08. The fraction of sp³-hybridized carbons (Fsp3) is 0.636. The van der Waals surface area contributed by atoms with Crippen molar-refractivity contribution in [1.82, 2.24) is 9.88 Å². The maximum absolute atomic E-state index is 12.7. The molecule has 0 bridgehead atoms. The van der Waals surface area contributed by atoms with Crippen LogP contribution in [0.2, 0.25) is 0 Å². The van der Waals surface area contributed by atoms with Crippen LogP contribution in [0.1, 0.15) is 28.2 Å². The Morgan fingerprint density at radius 3 is 2.83 bits per heavy atom. The van der Waals surface area contributed by atoms with Gasteiger partial charge in [0.2, 0.25) is 0 Å². The Bertz CT molecular complexity index is 444. The van der Waals surface area contributed by atoms with Gasteiger partial charge in [-0.05, 0) is 19.8 Å². The fourth-order valence-corrected chi connectivity index (χ4v) is 2.85. The van der Waals surface area contributed by atoms with E-state index in [0.717, 1.165) is 0 Å². The Morgan fingerprint density at radius 1 is 1.56 bits per heavy atom. The first kappa shape index (κ1) is 13.3. The lowest BCUT2D eigenvalue weighted by molar-refractivity contribution is -0.184. The summed E-state index contributed by atoms with van der Waals surface area (Å²) < 4.78 is 38.0. The Balaban J connectivity index is 2.10. The number of alkyl halides is 3. The molecular weight excluding hydrogens is 265 g/mol. The van der Waals surface area contributed by atoms with Crippen LogP contribution < -0.4 is 0 Å².